The van der Waals surface area contributed by atoms with Gasteiger partial charge in [0.2, 0.25) is 0 Å². The molecule has 0 aliphatic heterocycles. The van der Waals surface area contributed by atoms with Gasteiger partial charge in [-0.1, -0.05) is 0 Å². The van der Waals surface area contributed by atoms with E-state index in [4.69, 9.17) is 5.73 Å². The summed E-state index contributed by atoms with van der Waals surface area (Å²) in [5.74, 6) is 0.140. The molecule has 6 heteroatoms. The number of hydrogen-bond acceptors (Lipinski definition) is 4. The number of benzene rings is 1. The number of aromatic nitrogens is 2. The molecule has 0 aliphatic rings. The number of aromatic amines is 1. The van der Waals surface area contributed by atoms with Crippen molar-refractivity contribution in [1.29, 1.82) is 0 Å². The summed E-state index contributed by atoms with van der Waals surface area (Å²) in [6, 6.07) is 4.61. The molecule has 1 aromatic heterocycles. The first-order valence-corrected chi connectivity index (χ1v) is 5.40. The van der Waals surface area contributed by atoms with Crippen LogP contribution in [0.3, 0.4) is 0 Å². The Morgan fingerprint density at radius 1 is 1.44 bits per heavy atom. The van der Waals surface area contributed by atoms with Crippen molar-refractivity contribution in [2.24, 2.45) is 0 Å². The number of aryl methyl sites for hydroxylation is 2. The summed E-state index contributed by atoms with van der Waals surface area (Å²) < 4.78 is 0. The van der Waals surface area contributed by atoms with Gasteiger partial charge in [-0.2, -0.15) is 5.10 Å². The molecular weight excluding hydrogens is 232 g/mol. The molecule has 2 rings (SSSR count). The van der Waals surface area contributed by atoms with Crippen LogP contribution in [0.25, 0.3) is 0 Å². The highest BCUT2D eigenvalue weighted by atomic mass is 16.3. The lowest BCUT2D eigenvalue weighted by molar-refractivity contribution is 0.102. The number of nitrogens with zero attached hydrogens (tertiary/aromatic N) is 1. The molecule has 1 heterocycles. The number of nitrogen functional groups attached to an aromatic ring is 1. The minimum atomic E-state index is -0.323. The first-order valence-electron chi connectivity index (χ1n) is 5.40. The number of phenolic OH excluding ortho intramolecular Hbond substituents is 1. The van der Waals surface area contributed by atoms with E-state index in [9.17, 15) is 9.90 Å². The molecule has 1 amide bonds. The molecule has 0 saturated carbocycles. The summed E-state index contributed by atoms with van der Waals surface area (Å²) in [6.07, 6.45) is 0. The van der Waals surface area contributed by atoms with Gasteiger partial charge in [-0.25, -0.2) is 0 Å². The van der Waals surface area contributed by atoms with Crippen LogP contribution in [0.1, 0.15) is 21.6 Å². The summed E-state index contributed by atoms with van der Waals surface area (Å²) in [5.41, 5.74) is 7.92. The molecule has 5 N–H and O–H groups in total. The van der Waals surface area contributed by atoms with Crippen molar-refractivity contribution < 1.29 is 9.90 Å². The van der Waals surface area contributed by atoms with Crippen LogP contribution in [0.4, 0.5) is 11.5 Å². The van der Waals surface area contributed by atoms with Gasteiger partial charge in [-0.05, 0) is 37.6 Å². The van der Waals surface area contributed by atoms with E-state index < -0.39 is 0 Å². The zero-order chi connectivity index (χ0) is 13.3. The molecule has 1 aromatic carbocycles. The molecule has 0 unspecified atom stereocenters. The normalized spacial score (nSPS) is 10.3. The number of nitrogens with one attached hydrogen (secondary N) is 2. The van der Waals surface area contributed by atoms with Gasteiger partial charge in [0.25, 0.3) is 5.91 Å². The van der Waals surface area contributed by atoms with E-state index in [-0.39, 0.29) is 11.7 Å². The summed E-state index contributed by atoms with van der Waals surface area (Å²) in [5, 5.41) is 18.6. The zero-order valence-corrected chi connectivity index (χ0v) is 10.1. The fourth-order valence-electron chi connectivity index (χ4n) is 1.51. The molecule has 0 bridgehead atoms. The molecule has 0 radical (unpaired) electrons. The summed E-state index contributed by atoms with van der Waals surface area (Å²) in [6.45, 7) is 3.49. The number of rotatable bonds is 2. The lowest BCUT2D eigenvalue weighted by Crippen LogP contribution is -2.13. The summed E-state index contributed by atoms with van der Waals surface area (Å²) >= 11 is 0. The third-order valence-corrected chi connectivity index (χ3v) is 2.69. The van der Waals surface area contributed by atoms with E-state index >= 15 is 0 Å². The van der Waals surface area contributed by atoms with Gasteiger partial charge >= 0.3 is 0 Å². The number of H-pyrrole nitrogens is 1. The average Bonchev–Trinajstić information content (AvgIpc) is 2.64. The van der Waals surface area contributed by atoms with Crippen molar-refractivity contribution in [3.8, 4) is 5.75 Å². The molecule has 0 saturated heterocycles. The van der Waals surface area contributed by atoms with Crippen LogP contribution in [0, 0.1) is 13.8 Å². The third-order valence-electron chi connectivity index (χ3n) is 2.69. The number of hydrogen-bond donors (Lipinski definition) is 4. The summed E-state index contributed by atoms with van der Waals surface area (Å²) in [7, 11) is 0. The van der Waals surface area contributed by atoms with Gasteiger partial charge in [0, 0.05) is 5.56 Å². The molecule has 0 aliphatic carbocycles. The van der Waals surface area contributed by atoms with Gasteiger partial charge in [0.05, 0.1) is 11.4 Å². The Kier molecular flexibility index (Phi) is 2.93. The highest BCUT2D eigenvalue weighted by Crippen LogP contribution is 2.21. The highest BCUT2D eigenvalue weighted by Gasteiger charge is 2.12. The van der Waals surface area contributed by atoms with E-state index in [1.807, 2.05) is 0 Å². The predicted molar refractivity (Wildman–Crippen MR) is 68.5 cm³/mol. The topological polar surface area (TPSA) is 104 Å². The van der Waals surface area contributed by atoms with Gasteiger partial charge in [0.1, 0.15) is 5.75 Å². The highest BCUT2D eigenvalue weighted by molar-refractivity contribution is 6.05. The maximum absolute atomic E-state index is 11.9. The van der Waals surface area contributed by atoms with E-state index in [2.05, 4.69) is 15.5 Å². The maximum Gasteiger partial charge on any atom is 0.256 e. The molecule has 0 atom stereocenters. The minimum Gasteiger partial charge on any atom is -0.508 e. The van der Waals surface area contributed by atoms with Crippen molar-refractivity contribution in [1.82, 2.24) is 10.2 Å². The Labute approximate surface area is 104 Å². The van der Waals surface area contributed by atoms with Crippen molar-refractivity contribution in [3.63, 3.8) is 0 Å². The van der Waals surface area contributed by atoms with Crippen molar-refractivity contribution in [2.45, 2.75) is 13.8 Å². The number of nitrogens with two attached hydrogens (primary N) is 1. The predicted octanol–water partition coefficient (Wildman–Crippen LogP) is 1.57. The number of carbonyl (C=O) groups excluding carboxylic acids is 1. The van der Waals surface area contributed by atoms with Crippen LogP contribution >= 0.6 is 0 Å². The average molecular weight is 246 g/mol. The summed E-state index contributed by atoms with van der Waals surface area (Å²) in [4.78, 5) is 11.9. The lowest BCUT2D eigenvalue weighted by Gasteiger charge is -2.05. The van der Waals surface area contributed by atoms with Gasteiger partial charge in [0.15, 0.2) is 5.82 Å². The molecule has 2 aromatic rings. The smallest absolute Gasteiger partial charge is 0.256 e. The standard InChI is InChI=1S/C12H14N4O2/c1-6-5-8(3-4-9(6)17)12(18)14-11-10(13)7(2)15-16-11/h3-5,17H,13H2,1-2H3,(H2,14,15,16,18). The molecule has 6 nitrogen and oxygen atoms in total. The van der Waals surface area contributed by atoms with Crippen molar-refractivity contribution in [2.75, 3.05) is 11.1 Å². The Balaban J connectivity index is 2.22. The quantitative estimate of drug-likeness (QED) is 0.645. The van der Waals surface area contributed by atoms with E-state index in [0.717, 1.165) is 0 Å². The first-order chi connectivity index (χ1) is 8.49. The fourth-order valence-corrected chi connectivity index (χ4v) is 1.51. The molecule has 18 heavy (non-hydrogen) atoms. The van der Waals surface area contributed by atoms with Crippen LogP contribution in [0.5, 0.6) is 5.75 Å². The Morgan fingerprint density at radius 3 is 2.72 bits per heavy atom. The Morgan fingerprint density at radius 2 is 2.17 bits per heavy atom. The number of amides is 1. The molecule has 0 spiro atoms. The second kappa shape index (κ2) is 4.40. The molecular formula is C12H14N4O2. The minimum absolute atomic E-state index is 0.154. The van der Waals surface area contributed by atoms with Gasteiger partial charge in [-0.3, -0.25) is 9.89 Å². The number of anilines is 2. The van der Waals surface area contributed by atoms with Gasteiger partial charge < -0.3 is 16.2 Å². The van der Waals surface area contributed by atoms with E-state index in [1.165, 1.54) is 12.1 Å². The molecule has 94 valence electrons. The second-order valence-electron chi connectivity index (χ2n) is 4.07. The number of phenols is 1. The lowest BCUT2D eigenvalue weighted by atomic mass is 10.1. The van der Waals surface area contributed by atoms with Crippen molar-refractivity contribution in [3.05, 3.63) is 35.0 Å². The second-order valence-corrected chi connectivity index (χ2v) is 4.07. The zero-order valence-electron chi connectivity index (χ0n) is 10.1. The first kappa shape index (κ1) is 12.0. The fraction of sp³-hybridized carbons (Fsp3) is 0.167. The van der Waals surface area contributed by atoms with Gasteiger partial charge in [-0.15, -0.1) is 0 Å². The SMILES string of the molecule is Cc1cc(C(=O)Nc2n[nH]c(C)c2N)ccc1O. The van der Waals surface area contributed by atoms with Crippen molar-refractivity contribution >= 4 is 17.4 Å². The number of aromatic hydroxyl groups is 1. The Hall–Kier alpha value is -2.50. The maximum atomic E-state index is 11.9. The largest absolute Gasteiger partial charge is 0.508 e. The van der Waals surface area contributed by atoms with E-state index in [0.29, 0.717) is 28.3 Å². The van der Waals surface area contributed by atoms with Crippen LogP contribution in [-0.2, 0) is 0 Å². The monoisotopic (exact) mass is 246 g/mol. The third kappa shape index (κ3) is 2.13. The van der Waals surface area contributed by atoms with Crippen LogP contribution in [0.15, 0.2) is 18.2 Å². The molecule has 0 fully saturated rings. The van der Waals surface area contributed by atoms with Crippen LogP contribution < -0.4 is 11.1 Å². The van der Waals surface area contributed by atoms with Crippen LogP contribution in [-0.4, -0.2) is 21.2 Å². The van der Waals surface area contributed by atoms with E-state index in [1.54, 1.807) is 19.9 Å². The number of carbonyl (C=O) groups is 1. The van der Waals surface area contributed by atoms with Crippen LogP contribution in [0.2, 0.25) is 0 Å². The Bertz CT molecular complexity index is 604.